The molecule has 0 heterocycles. The highest BCUT2D eigenvalue weighted by Crippen LogP contribution is 2.25. The molecule has 7 heteroatoms. The molecule has 0 fully saturated rings. The average Bonchev–Trinajstić information content (AvgIpc) is 2.54. The third-order valence-corrected chi connectivity index (χ3v) is 3.88. The van der Waals surface area contributed by atoms with Gasteiger partial charge in [0.1, 0.15) is 6.61 Å². The van der Waals surface area contributed by atoms with E-state index in [1.807, 2.05) is 0 Å². The summed E-state index contributed by atoms with van der Waals surface area (Å²) < 4.78 is 5.22. The van der Waals surface area contributed by atoms with Crippen molar-refractivity contribution in [2.45, 2.75) is 19.1 Å². The van der Waals surface area contributed by atoms with Crippen molar-refractivity contribution in [1.29, 1.82) is 0 Å². The fourth-order valence-electron chi connectivity index (χ4n) is 2.14. The van der Waals surface area contributed by atoms with Crippen molar-refractivity contribution in [2.24, 2.45) is 5.73 Å². The summed E-state index contributed by atoms with van der Waals surface area (Å²) in [6.07, 6.45) is -0.0831. The first-order chi connectivity index (χ1) is 11.5. The van der Waals surface area contributed by atoms with Crippen molar-refractivity contribution < 1.29 is 14.3 Å². The number of urea groups is 1. The number of ether oxygens (including phenoxy) is 1. The van der Waals surface area contributed by atoms with Crippen LogP contribution in [0.2, 0.25) is 10.0 Å². The van der Waals surface area contributed by atoms with Crippen molar-refractivity contribution >= 4 is 35.2 Å². The predicted molar refractivity (Wildman–Crippen MR) is 92.8 cm³/mol. The second-order valence-electron chi connectivity index (χ2n) is 5.07. The summed E-state index contributed by atoms with van der Waals surface area (Å²) in [5, 5.41) is 3.55. The van der Waals surface area contributed by atoms with Crippen molar-refractivity contribution in [3.8, 4) is 0 Å². The number of hydrogen-bond acceptors (Lipinski definition) is 3. The van der Waals surface area contributed by atoms with Gasteiger partial charge in [-0.15, -0.1) is 0 Å². The minimum absolute atomic E-state index is 0.0831. The Kier molecular flexibility index (Phi) is 6.46. The fraction of sp³-hybridized carbons (Fsp3) is 0.176. The highest BCUT2D eigenvalue weighted by atomic mass is 35.5. The SMILES string of the molecule is NC(=O)N[C@@H](CC(=O)OCc1ccc(Cl)cc1)c1ccccc1Cl. The van der Waals surface area contributed by atoms with Crippen LogP contribution < -0.4 is 11.1 Å². The number of nitrogens with one attached hydrogen (secondary N) is 1. The summed E-state index contributed by atoms with van der Waals surface area (Å²) >= 11 is 11.9. The van der Waals surface area contributed by atoms with E-state index < -0.39 is 18.0 Å². The van der Waals surface area contributed by atoms with Crippen LogP contribution in [0.15, 0.2) is 48.5 Å². The van der Waals surface area contributed by atoms with Gasteiger partial charge in [0.2, 0.25) is 0 Å². The van der Waals surface area contributed by atoms with Crippen molar-refractivity contribution in [3.63, 3.8) is 0 Å². The maximum Gasteiger partial charge on any atom is 0.312 e. The molecule has 2 rings (SSSR count). The molecule has 0 aliphatic heterocycles. The molecular formula is C17H16Cl2N2O3. The molecule has 0 bridgehead atoms. The molecule has 2 amide bonds. The lowest BCUT2D eigenvalue weighted by Gasteiger charge is -2.18. The Labute approximate surface area is 149 Å². The largest absolute Gasteiger partial charge is 0.461 e. The van der Waals surface area contributed by atoms with Crippen LogP contribution in [0, 0.1) is 0 Å². The monoisotopic (exact) mass is 366 g/mol. The topological polar surface area (TPSA) is 81.4 Å². The normalized spacial score (nSPS) is 11.6. The molecule has 1 atom stereocenters. The van der Waals surface area contributed by atoms with Crippen LogP contribution in [0.5, 0.6) is 0 Å². The van der Waals surface area contributed by atoms with E-state index in [-0.39, 0.29) is 13.0 Å². The third-order valence-electron chi connectivity index (χ3n) is 3.28. The first-order valence-corrected chi connectivity index (χ1v) is 7.92. The molecule has 0 aliphatic rings. The zero-order valence-electron chi connectivity index (χ0n) is 12.7. The first-order valence-electron chi connectivity index (χ1n) is 7.16. The number of amides is 2. The Morgan fingerprint density at radius 2 is 1.75 bits per heavy atom. The number of primary amides is 1. The smallest absolute Gasteiger partial charge is 0.312 e. The van der Waals surface area contributed by atoms with E-state index in [1.54, 1.807) is 48.5 Å². The Balaban J connectivity index is 2.00. The van der Waals surface area contributed by atoms with Crippen molar-refractivity contribution in [2.75, 3.05) is 0 Å². The standard InChI is InChI=1S/C17H16Cl2N2O3/c18-12-7-5-11(6-8-12)10-24-16(22)9-15(21-17(20)23)13-3-1-2-4-14(13)19/h1-8,15H,9-10H2,(H3,20,21,23)/t15-/m0/s1. The van der Waals surface area contributed by atoms with Gasteiger partial charge < -0.3 is 15.8 Å². The molecule has 0 spiro atoms. The lowest BCUT2D eigenvalue weighted by Crippen LogP contribution is -2.34. The number of nitrogens with two attached hydrogens (primary N) is 1. The number of esters is 1. The van der Waals surface area contributed by atoms with Crippen LogP contribution in [0.1, 0.15) is 23.6 Å². The molecule has 5 nitrogen and oxygen atoms in total. The van der Waals surface area contributed by atoms with Gasteiger partial charge in [-0.2, -0.15) is 0 Å². The molecule has 2 aromatic rings. The van der Waals surface area contributed by atoms with E-state index >= 15 is 0 Å². The number of carbonyl (C=O) groups excluding carboxylic acids is 2. The fourth-order valence-corrected chi connectivity index (χ4v) is 2.53. The van der Waals surface area contributed by atoms with E-state index in [0.717, 1.165) is 5.56 Å². The molecule has 0 unspecified atom stereocenters. The van der Waals surface area contributed by atoms with E-state index in [9.17, 15) is 9.59 Å². The lowest BCUT2D eigenvalue weighted by molar-refractivity contribution is -0.145. The lowest BCUT2D eigenvalue weighted by atomic mass is 10.0. The zero-order chi connectivity index (χ0) is 17.5. The van der Waals surface area contributed by atoms with Crippen LogP contribution in [-0.4, -0.2) is 12.0 Å². The van der Waals surface area contributed by atoms with E-state index in [4.69, 9.17) is 33.7 Å². The van der Waals surface area contributed by atoms with Gasteiger partial charge in [-0.3, -0.25) is 4.79 Å². The van der Waals surface area contributed by atoms with Crippen LogP contribution in [0.25, 0.3) is 0 Å². The van der Waals surface area contributed by atoms with Crippen molar-refractivity contribution in [1.82, 2.24) is 5.32 Å². The van der Waals surface area contributed by atoms with Gasteiger partial charge in [0, 0.05) is 10.0 Å². The van der Waals surface area contributed by atoms with Gasteiger partial charge in [-0.1, -0.05) is 53.5 Å². The summed E-state index contributed by atoms with van der Waals surface area (Å²) in [6, 6.07) is 12.5. The molecule has 126 valence electrons. The number of carbonyl (C=O) groups is 2. The quantitative estimate of drug-likeness (QED) is 0.762. The zero-order valence-corrected chi connectivity index (χ0v) is 14.2. The molecule has 0 saturated carbocycles. The van der Waals surface area contributed by atoms with Crippen LogP contribution >= 0.6 is 23.2 Å². The second-order valence-corrected chi connectivity index (χ2v) is 5.92. The molecule has 2 aromatic carbocycles. The van der Waals surface area contributed by atoms with E-state index in [0.29, 0.717) is 15.6 Å². The van der Waals surface area contributed by atoms with Gasteiger partial charge in [-0.25, -0.2) is 4.79 Å². The maximum absolute atomic E-state index is 12.1. The molecule has 3 N–H and O–H groups in total. The number of hydrogen-bond donors (Lipinski definition) is 2. The van der Waals surface area contributed by atoms with Gasteiger partial charge in [0.15, 0.2) is 0 Å². The molecule has 0 radical (unpaired) electrons. The molecule has 0 aromatic heterocycles. The van der Waals surface area contributed by atoms with E-state index in [1.165, 1.54) is 0 Å². The molecule has 0 saturated heterocycles. The summed E-state index contributed by atoms with van der Waals surface area (Å²) in [5.74, 6) is -0.483. The van der Waals surface area contributed by atoms with Gasteiger partial charge in [-0.05, 0) is 29.3 Å². The number of benzene rings is 2. The highest BCUT2D eigenvalue weighted by molar-refractivity contribution is 6.31. The third kappa shape index (κ3) is 5.44. The predicted octanol–water partition coefficient (Wildman–Crippen LogP) is 3.84. The summed E-state index contributed by atoms with van der Waals surface area (Å²) in [4.78, 5) is 23.3. The summed E-state index contributed by atoms with van der Waals surface area (Å²) in [6.45, 7) is 0.113. The Hall–Kier alpha value is -2.24. The highest BCUT2D eigenvalue weighted by Gasteiger charge is 2.20. The summed E-state index contributed by atoms with van der Waals surface area (Å²) in [5.41, 5.74) is 6.59. The van der Waals surface area contributed by atoms with Crippen LogP contribution in [-0.2, 0) is 16.1 Å². The average molecular weight is 367 g/mol. The Morgan fingerprint density at radius 1 is 1.08 bits per heavy atom. The molecular weight excluding hydrogens is 351 g/mol. The number of rotatable bonds is 6. The van der Waals surface area contributed by atoms with Gasteiger partial charge in [0.25, 0.3) is 0 Å². The number of halogens is 2. The maximum atomic E-state index is 12.1. The first kappa shape index (κ1) is 18.1. The summed E-state index contributed by atoms with van der Waals surface area (Å²) in [7, 11) is 0. The van der Waals surface area contributed by atoms with Crippen LogP contribution in [0.3, 0.4) is 0 Å². The van der Waals surface area contributed by atoms with Crippen LogP contribution in [0.4, 0.5) is 4.79 Å². The Morgan fingerprint density at radius 3 is 2.38 bits per heavy atom. The van der Waals surface area contributed by atoms with E-state index in [2.05, 4.69) is 5.32 Å². The van der Waals surface area contributed by atoms with Crippen molar-refractivity contribution in [3.05, 3.63) is 69.7 Å². The Bertz CT molecular complexity index is 720. The second kappa shape index (κ2) is 8.57. The molecule has 24 heavy (non-hydrogen) atoms. The minimum atomic E-state index is -0.745. The molecule has 0 aliphatic carbocycles. The van der Waals surface area contributed by atoms with Gasteiger partial charge in [0.05, 0.1) is 12.5 Å². The minimum Gasteiger partial charge on any atom is -0.461 e. The van der Waals surface area contributed by atoms with Gasteiger partial charge >= 0.3 is 12.0 Å².